The lowest BCUT2D eigenvalue weighted by atomic mass is 9.85. The van der Waals surface area contributed by atoms with Gasteiger partial charge in [-0.15, -0.1) is 0 Å². The van der Waals surface area contributed by atoms with Crippen molar-refractivity contribution in [2.75, 3.05) is 57.9 Å². The molecule has 2 aromatic carbocycles. The molecule has 4 heterocycles. The number of hydrogen-bond acceptors (Lipinski definition) is 7. The topological polar surface area (TPSA) is 75.4 Å². The Morgan fingerprint density at radius 2 is 2.02 bits per heavy atom. The van der Waals surface area contributed by atoms with Gasteiger partial charge in [-0.25, -0.2) is 11.0 Å². The number of hydrogen-bond donors (Lipinski definition) is 0. The third-order valence-electron chi connectivity index (χ3n) is 11.2. The monoisotopic (exact) mass is 636 g/mol. The molecule has 1 spiro atoms. The van der Waals surface area contributed by atoms with E-state index < -0.39 is 17.8 Å². The number of benzene rings is 2. The smallest absolute Gasteiger partial charge is 0.319 e. The number of rotatable bonds is 7. The maximum atomic E-state index is 14.0. The van der Waals surface area contributed by atoms with Crippen molar-refractivity contribution in [3.05, 3.63) is 64.8 Å². The van der Waals surface area contributed by atoms with Crippen molar-refractivity contribution < 1.29 is 18.7 Å². The van der Waals surface area contributed by atoms with E-state index in [0.717, 1.165) is 55.3 Å². The van der Waals surface area contributed by atoms with E-state index in [9.17, 15) is 9.18 Å². The van der Waals surface area contributed by atoms with Crippen LogP contribution in [-0.2, 0) is 23.1 Å². The molecule has 0 radical (unpaired) electrons. The molecule has 1 saturated carbocycles. The largest absolute Gasteiger partial charge is 0.492 e. The Labute approximate surface area is 275 Å². The van der Waals surface area contributed by atoms with Crippen LogP contribution in [0.3, 0.4) is 0 Å². The molecular weight excluding hydrogens is 595 g/mol. The average Bonchev–Trinajstić information content (AvgIpc) is 3.61. The molecule has 2 saturated heterocycles. The Morgan fingerprint density at radius 3 is 2.79 bits per heavy atom. The van der Waals surface area contributed by atoms with Crippen LogP contribution in [0.5, 0.6) is 11.8 Å². The zero-order valence-corrected chi connectivity index (χ0v) is 27.1. The van der Waals surface area contributed by atoms with E-state index in [2.05, 4.69) is 52.5 Å². The van der Waals surface area contributed by atoms with Crippen molar-refractivity contribution in [1.29, 1.82) is 0 Å². The van der Waals surface area contributed by atoms with Crippen LogP contribution < -0.4 is 14.4 Å². The minimum atomic E-state index is -1.01. The molecule has 2 aliphatic carbocycles. The fourth-order valence-corrected chi connectivity index (χ4v) is 8.53. The van der Waals surface area contributed by atoms with Gasteiger partial charge in [-0.1, -0.05) is 24.8 Å². The Morgan fingerprint density at radius 1 is 1.15 bits per heavy atom. The third-order valence-corrected chi connectivity index (χ3v) is 11.2. The highest BCUT2D eigenvalue weighted by Crippen LogP contribution is 2.60. The fourth-order valence-electron chi connectivity index (χ4n) is 8.53. The molecule has 244 valence electrons. The molecule has 0 unspecified atom stereocenters. The lowest BCUT2D eigenvalue weighted by molar-refractivity contribution is -0.131. The van der Waals surface area contributed by atoms with Crippen molar-refractivity contribution >= 4 is 22.6 Å². The van der Waals surface area contributed by atoms with Gasteiger partial charge in [0.15, 0.2) is 5.83 Å². The molecular formula is C37H41FN6O3. The van der Waals surface area contributed by atoms with Crippen LogP contribution in [0.2, 0.25) is 0 Å². The number of halogens is 1. The summed E-state index contributed by atoms with van der Waals surface area (Å²) < 4.78 is 26.9. The number of nitrogens with zero attached hydrogens (tertiary/aromatic N) is 6. The highest BCUT2D eigenvalue weighted by Gasteiger charge is 2.50. The minimum Gasteiger partial charge on any atom is -0.492 e. The van der Waals surface area contributed by atoms with Crippen molar-refractivity contribution in [3.8, 4) is 22.9 Å². The molecule has 0 N–H and O–H groups in total. The highest BCUT2D eigenvalue weighted by atomic mass is 19.1. The van der Waals surface area contributed by atoms with E-state index in [1.807, 2.05) is 0 Å². The van der Waals surface area contributed by atoms with E-state index in [1.54, 1.807) is 0 Å². The van der Waals surface area contributed by atoms with Crippen molar-refractivity contribution in [3.63, 3.8) is 0 Å². The van der Waals surface area contributed by atoms with Crippen LogP contribution in [0.1, 0.15) is 55.2 Å². The maximum Gasteiger partial charge on any atom is 0.319 e. The van der Waals surface area contributed by atoms with Crippen molar-refractivity contribution in [1.82, 2.24) is 19.8 Å². The molecule has 1 amide bonds. The normalized spacial score (nSPS) is 22.9. The van der Waals surface area contributed by atoms with E-state index in [-0.39, 0.29) is 13.1 Å². The molecule has 3 fully saturated rings. The second-order valence-electron chi connectivity index (χ2n) is 14.0. The standard InChI is InChI=1S/C37H41FN6O3/c1-23(38)35(45)44-17-16-43(21-26(44)20-39-2)34-31-30(40-36(41-34)47-22-25-8-5-15-42(25)3)19-29(28-10-6-18-46-33(28)31)27-9-4-7-24-11-12-37(13-14-37)32(24)27/h4,7,9,19,25-26H,1,5-6,8,10-18,20-22H2,3H3/t25-,26-/m0/s1. The van der Waals surface area contributed by atoms with E-state index in [4.69, 9.17) is 26.0 Å². The van der Waals surface area contributed by atoms with Gasteiger partial charge in [0, 0.05) is 31.2 Å². The van der Waals surface area contributed by atoms with Crippen LogP contribution in [0.25, 0.3) is 26.9 Å². The lowest BCUT2D eigenvalue weighted by Crippen LogP contribution is -2.56. The second-order valence-corrected chi connectivity index (χ2v) is 14.0. The van der Waals surface area contributed by atoms with Crippen LogP contribution >= 0.6 is 0 Å². The first-order chi connectivity index (χ1) is 22.9. The van der Waals surface area contributed by atoms with Gasteiger partial charge in [0.25, 0.3) is 5.91 Å². The Kier molecular flexibility index (Phi) is 7.55. The van der Waals surface area contributed by atoms with Gasteiger partial charge in [-0.05, 0) is 98.7 Å². The van der Waals surface area contributed by atoms with E-state index in [0.29, 0.717) is 49.6 Å². The van der Waals surface area contributed by atoms with E-state index in [1.165, 1.54) is 52.0 Å². The number of carbonyl (C=O) groups is 1. The molecule has 2 atom stereocenters. The molecule has 10 heteroatoms. The molecule has 0 bridgehead atoms. The summed E-state index contributed by atoms with van der Waals surface area (Å²) in [5.41, 5.74) is 7.72. The van der Waals surface area contributed by atoms with Gasteiger partial charge in [-0.2, -0.15) is 9.97 Å². The molecule has 3 aromatic rings. The van der Waals surface area contributed by atoms with Gasteiger partial charge in [0.1, 0.15) is 24.2 Å². The molecule has 47 heavy (non-hydrogen) atoms. The number of piperazine rings is 1. The van der Waals surface area contributed by atoms with Crippen LogP contribution in [-0.4, -0.2) is 90.7 Å². The molecule has 9 nitrogen and oxygen atoms in total. The predicted molar refractivity (Wildman–Crippen MR) is 179 cm³/mol. The number of carbonyl (C=O) groups excluding carboxylic acids is 1. The summed E-state index contributed by atoms with van der Waals surface area (Å²) in [6.07, 6.45) is 8.88. The zero-order valence-electron chi connectivity index (χ0n) is 27.1. The summed E-state index contributed by atoms with van der Waals surface area (Å²) in [6, 6.07) is 9.08. The van der Waals surface area contributed by atoms with Gasteiger partial charge in [0.2, 0.25) is 6.54 Å². The number of aryl methyl sites for hydroxylation is 1. The van der Waals surface area contributed by atoms with Crippen molar-refractivity contribution in [2.45, 2.75) is 68.9 Å². The first kappa shape index (κ1) is 30.1. The van der Waals surface area contributed by atoms with Gasteiger partial charge in [0.05, 0.1) is 17.5 Å². The molecule has 5 aliphatic rings. The minimum absolute atomic E-state index is 0.0511. The van der Waals surface area contributed by atoms with Gasteiger partial charge in [-0.3, -0.25) is 4.79 Å². The predicted octanol–water partition coefficient (Wildman–Crippen LogP) is 5.49. The Hall–Kier alpha value is -4.23. The average molecular weight is 637 g/mol. The van der Waals surface area contributed by atoms with Gasteiger partial charge < -0.3 is 29.0 Å². The molecule has 1 aromatic heterocycles. The summed E-state index contributed by atoms with van der Waals surface area (Å²) in [5.74, 6) is -0.278. The third kappa shape index (κ3) is 5.20. The quantitative estimate of drug-likeness (QED) is 0.251. The summed E-state index contributed by atoms with van der Waals surface area (Å²) in [7, 11) is 2.12. The van der Waals surface area contributed by atoms with Crippen LogP contribution in [0, 0.1) is 6.57 Å². The summed E-state index contributed by atoms with van der Waals surface area (Å²) in [5, 5.41) is 0.832. The van der Waals surface area contributed by atoms with E-state index >= 15 is 0 Å². The van der Waals surface area contributed by atoms with Crippen LogP contribution in [0.4, 0.5) is 10.2 Å². The van der Waals surface area contributed by atoms with Crippen LogP contribution in [0.15, 0.2) is 36.7 Å². The summed E-state index contributed by atoms with van der Waals surface area (Å²) in [4.78, 5) is 32.2. The number of aromatic nitrogens is 2. The number of amides is 1. The molecule has 3 aliphatic heterocycles. The lowest BCUT2D eigenvalue weighted by Gasteiger charge is -2.40. The first-order valence-electron chi connectivity index (χ1n) is 17.1. The SMILES string of the molecule is [C-]#[N+]C[C@H]1CN(c2nc(OC[C@@H]3CCCN3C)nc3cc(-c4cccc5c4C4(CC5)CC4)c4c(c23)OCCC4)CCN1C(=O)C(=C)F. The Bertz CT molecular complexity index is 1820. The highest BCUT2D eigenvalue weighted by molar-refractivity contribution is 6.01. The number of fused-ring (bicyclic) bond motifs is 5. The first-order valence-corrected chi connectivity index (χ1v) is 17.1. The number of likely N-dealkylation sites (N-methyl/N-ethyl adjacent to an activating group) is 1. The number of likely N-dealkylation sites (tertiary alicyclic amines) is 1. The maximum absolute atomic E-state index is 14.0. The molecule has 8 rings (SSSR count). The van der Waals surface area contributed by atoms with Crippen molar-refractivity contribution in [2.24, 2.45) is 0 Å². The Balaban J connectivity index is 1.27. The number of ether oxygens (including phenoxy) is 2. The second kappa shape index (κ2) is 11.8. The fraction of sp³-hybridized carbons (Fsp3) is 0.514. The summed E-state index contributed by atoms with van der Waals surface area (Å²) in [6.45, 7) is 14.0. The zero-order chi connectivity index (χ0) is 32.3. The summed E-state index contributed by atoms with van der Waals surface area (Å²) >= 11 is 0. The van der Waals surface area contributed by atoms with Gasteiger partial charge >= 0.3 is 6.01 Å². The number of anilines is 1.